The molecule has 12 heteroatoms. The Labute approximate surface area is 225 Å². The summed E-state index contributed by atoms with van der Waals surface area (Å²) in [6.45, 7) is -1.31. The zero-order valence-electron chi connectivity index (χ0n) is 21.9. The third-order valence-electron chi connectivity index (χ3n) is 6.29. The maximum absolute atomic E-state index is 12.9. The van der Waals surface area contributed by atoms with Gasteiger partial charge < -0.3 is 34.5 Å². The smallest absolute Gasteiger partial charge is 0.387 e. The Morgan fingerprint density at radius 1 is 1.08 bits per heavy atom. The molecule has 208 valence electrons. The fourth-order valence-corrected chi connectivity index (χ4v) is 4.39. The van der Waals surface area contributed by atoms with Crippen LogP contribution in [0.25, 0.3) is 0 Å². The number of methoxy groups -OCH3 is 3. The highest BCUT2D eigenvalue weighted by atomic mass is 19.3. The molecule has 1 unspecified atom stereocenters. The van der Waals surface area contributed by atoms with Gasteiger partial charge in [-0.3, -0.25) is 4.79 Å². The van der Waals surface area contributed by atoms with Gasteiger partial charge in [-0.25, -0.2) is 4.98 Å². The molecule has 39 heavy (non-hydrogen) atoms. The molecule has 1 atom stereocenters. The summed E-state index contributed by atoms with van der Waals surface area (Å²) < 4.78 is 45.2. The van der Waals surface area contributed by atoms with E-state index in [2.05, 4.69) is 30.2 Å². The normalized spacial score (nSPS) is 15.0. The monoisotopic (exact) mass is 543 g/mol. The molecule has 1 fully saturated rings. The van der Waals surface area contributed by atoms with E-state index in [1.54, 1.807) is 44.7 Å². The van der Waals surface area contributed by atoms with Gasteiger partial charge in [0.1, 0.15) is 11.6 Å². The summed E-state index contributed by atoms with van der Waals surface area (Å²) in [6, 6.07) is 11.5. The van der Waals surface area contributed by atoms with Crippen LogP contribution >= 0.6 is 0 Å². The van der Waals surface area contributed by atoms with Gasteiger partial charge in [0, 0.05) is 43.7 Å². The zero-order chi connectivity index (χ0) is 27.8. The van der Waals surface area contributed by atoms with Gasteiger partial charge in [-0.15, -0.1) is 0 Å². The van der Waals surface area contributed by atoms with Crippen LogP contribution in [0.3, 0.4) is 0 Å². The molecule has 2 N–H and O–H groups in total. The van der Waals surface area contributed by atoms with Crippen LogP contribution in [-0.4, -0.2) is 56.9 Å². The second kappa shape index (κ2) is 12.9. The lowest BCUT2D eigenvalue weighted by atomic mass is 9.97. The molecule has 0 saturated carbocycles. The number of rotatable bonds is 11. The Morgan fingerprint density at radius 3 is 2.44 bits per heavy atom. The fraction of sp³-hybridized carbons (Fsp3) is 0.370. The summed E-state index contributed by atoms with van der Waals surface area (Å²) in [5.41, 5.74) is 1.45. The van der Waals surface area contributed by atoms with Gasteiger partial charge in [0.25, 0.3) is 0 Å². The van der Waals surface area contributed by atoms with E-state index in [9.17, 15) is 13.6 Å². The Morgan fingerprint density at radius 2 is 1.79 bits per heavy atom. The van der Waals surface area contributed by atoms with Crippen molar-refractivity contribution in [1.82, 2.24) is 15.3 Å². The molecule has 0 radical (unpaired) electrons. The number of nitrogens with zero attached hydrogens (tertiary/aromatic N) is 3. The van der Waals surface area contributed by atoms with Gasteiger partial charge in [-0.2, -0.15) is 13.8 Å². The van der Waals surface area contributed by atoms with Gasteiger partial charge in [0.2, 0.25) is 17.6 Å². The lowest BCUT2D eigenvalue weighted by Gasteiger charge is -2.33. The largest absolute Gasteiger partial charge is 0.493 e. The van der Waals surface area contributed by atoms with Crippen molar-refractivity contribution in [2.75, 3.05) is 44.6 Å². The van der Waals surface area contributed by atoms with E-state index < -0.39 is 6.61 Å². The SMILES string of the molecule is COc1cc(Nc2nccc(N3CCCC(C(=O)NCc4ccc(OC(F)F)cc4)C3)n2)cc(OC)c1OC. The third kappa shape index (κ3) is 7.15. The molecule has 0 bridgehead atoms. The van der Waals surface area contributed by atoms with Crippen molar-refractivity contribution >= 4 is 23.4 Å². The third-order valence-corrected chi connectivity index (χ3v) is 6.29. The predicted molar refractivity (Wildman–Crippen MR) is 141 cm³/mol. The molecular weight excluding hydrogens is 512 g/mol. The highest BCUT2D eigenvalue weighted by Crippen LogP contribution is 2.40. The molecule has 1 aromatic heterocycles. The summed E-state index contributed by atoms with van der Waals surface area (Å²) in [4.78, 5) is 23.9. The highest BCUT2D eigenvalue weighted by Gasteiger charge is 2.26. The van der Waals surface area contributed by atoms with Crippen molar-refractivity contribution < 1.29 is 32.5 Å². The van der Waals surface area contributed by atoms with E-state index in [1.807, 2.05) is 6.07 Å². The van der Waals surface area contributed by atoms with Crippen LogP contribution in [-0.2, 0) is 11.3 Å². The summed E-state index contributed by atoms with van der Waals surface area (Å²) in [7, 11) is 4.63. The number of ether oxygens (including phenoxy) is 4. The number of amides is 1. The van der Waals surface area contributed by atoms with E-state index in [0.717, 1.165) is 24.9 Å². The number of piperidine rings is 1. The predicted octanol–water partition coefficient (Wildman–Crippen LogP) is 4.38. The number of benzene rings is 2. The van der Waals surface area contributed by atoms with Crippen molar-refractivity contribution in [3.05, 3.63) is 54.2 Å². The lowest BCUT2D eigenvalue weighted by molar-refractivity contribution is -0.125. The van der Waals surface area contributed by atoms with Crippen molar-refractivity contribution in [3.8, 4) is 23.0 Å². The summed E-state index contributed by atoms with van der Waals surface area (Å²) >= 11 is 0. The minimum absolute atomic E-state index is 0.0718. The van der Waals surface area contributed by atoms with Crippen LogP contribution < -0.4 is 34.5 Å². The second-order valence-corrected chi connectivity index (χ2v) is 8.80. The maximum atomic E-state index is 12.9. The van der Waals surface area contributed by atoms with Crippen LogP contribution in [0.2, 0.25) is 0 Å². The molecule has 2 aromatic carbocycles. The molecule has 2 heterocycles. The van der Waals surface area contributed by atoms with E-state index >= 15 is 0 Å². The van der Waals surface area contributed by atoms with Crippen molar-refractivity contribution in [1.29, 1.82) is 0 Å². The number of carbonyl (C=O) groups is 1. The number of alkyl halides is 2. The number of carbonyl (C=O) groups excluding carboxylic acids is 1. The van der Waals surface area contributed by atoms with Crippen LogP contribution in [0.5, 0.6) is 23.0 Å². The summed E-state index contributed by atoms with van der Waals surface area (Å²) in [5.74, 6) is 2.34. The lowest BCUT2D eigenvalue weighted by Crippen LogP contribution is -2.43. The maximum Gasteiger partial charge on any atom is 0.387 e. The first-order chi connectivity index (χ1) is 18.9. The van der Waals surface area contributed by atoms with Crippen molar-refractivity contribution in [2.24, 2.45) is 5.92 Å². The first-order valence-electron chi connectivity index (χ1n) is 12.4. The van der Waals surface area contributed by atoms with Gasteiger partial charge in [-0.1, -0.05) is 12.1 Å². The fourth-order valence-electron chi connectivity index (χ4n) is 4.39. The van der Waals surface area contributed by atoms with Crippen molar-refractivity contribution in [2.45, 2.75) is 26.0 Å². The molecule has 1 amide bonds. The minimum Gasteiger partial charge on any atom is -0.493 e. The Kier molecular flexibility index (Phi) is 9.18. The van der Waals surface area contributed by atoms with Gasteiger partial charge in [0.05, 0.1) is 27.2 Å². The van der Waals surface area contributed by atoms with Crippen LogP contribution in [0.15, 0.2) is 48.7 Å². The first kappa shape index (κ1) is 27.7. The number of hydrogen-bond donors (Lipinski definition) is 2. The first-order valence-corrected chi connectivity index (χ1v) is 12.4. The molecule has 1 aliphatic heterocycles. The molecule has 1 saturated heterocycles. The number of nitrogens with one attached hydrogen (secondary N) is 2. The number of aromatic nitrogens is 2. The topological polar surface area (TPSA) is 107 Å². The average Bonchev–Trinajstić information content (AvgIpc) is 2.96. The zero-order valence-corrected chi connectivity index (χ0v) is 21.9. The Bertz CT molecular complexity index is 1240. The number of hydrogen-bond acceptors (Lipinski definition) is 9. The average molecular weight is 544 g/mol. The molecular formula is C27H31F2N5O5. The van der Waals surface area contributed by atoms with Crippen LogP contribution in [0.4, 0.5) is 26.2 Å². The van der Waals surface area contributed by atoms with E-state index in [1.165, 1.54) is 19.2 Å². The van der Waals surface area contributed by atoms with Crippen molar-refractivity contribution in [3.63, 3.8) is 0 Å². The Hall–Kier alpha value is -4.35. The summed E-state index contributed by atoms with van der Waals surface area (Å²) in [5, 5.41) is 6.12. The molecule has 3 aromatic rings. The van der Waals surface area contributed by atoms with E-state index in [0.29, 0.717) is 47.8 Å². The van der Waals surface area contributed by atoms with Gasteiger partial charge in [-0.05, 0) is 36.6 Å². The molecule has 4 rings (SSSR count). The van der Waals surface area contributed by atoms with E-state index in [-0.39, 0.29) is 17.6 Å². The summed E-state index contributed by atoms with van der Waals surface area (Å²) in [6.07, 6.45) is 3.25. The molecule has 0 aliphatic carbocycles. The Balaban J connectivity index is 1.38. The quantitative estimate of drug-likeness (QED) is 0.364. The van der Waals surface area contributed by atoms with Gasteiger partial charge in [0.15, 0.2) is 11.5 Å². The van der Waals surface area contributed by atoms with E-state index in [4.69, 9.17) is 14.2 Å². The second-order valence-electron chi connectivity index (χ2n) is 8.80. The van der Waals surface area contributed by atoms with Crippen LogP contribution in [0.1, 0.15) is 18.4 Å². The van der Waals surface area contributed by atoms with Crippen LogP contribution in [0, 0.1) is 5.92 Å². The number of anilines is 3. The van der Waals surface area contributed by atoms with Gasteiger partial charge >= 0.3 is 6.61 Å². The standard InChI is InChI=1S/C27H31F2N5O5/c1-36-21-13-19(14-22(37-2)24(21)38-3)32-27-30-11-10-23(33-27)34-12-4-5-18(16-34)25(35)31-15-17-6-8-20(9-7-17)39-26(28)29/h6-11,13-14,18,26H,4-5,12,15-16H2,1-3H3,(H,31,35)(H,30,32,33). The molecule has 1 aliphatic rings. The molecule has 0 spiro atoms. The highest BCUT2D eigenvalue weighted by molar-refractivity contribution is 5.79. The molecule has 10 nitrogen and oxygen atoms in total. The minimum atomic E-state index is -2.87. The number of halogens is 2.